The van der Waals surface area contributed by atoms with Crippen LogP contribution in [0.15, 0.2) is 224 Å². The van der Waals surface area contributed by atoms with Crippen LogP contribution in [0.3, 0.4) is 0 Å². The Labute approximate surface area is 342 Å². The Bertz CT molecular complexity index is 3300. The SMILES string of the molecule is c1ccc(N2c3ccccc3-c3c(n(-c4ccccc4)c4ccccc34)-c3cccc(-c4ccc(-c5ccc(-n6c7ccccc7c7ccccc76)cc5)cc4)c32)cc1. The Morgan fingerprint density at radius 1 is 0.271 bits per heavy atom. The molecule has 1 aliphatic heterocycles. The zero-order valence-electron chi connectivity index (χ0n) is 32.2. The predicted octanol–water partition coefficient (Wildman–Crippen LogP) is 15.2. The van der Waals surface area contributed by atoms with Crippen LogP contribution < -0.4 is 4.90 Å². The molecule has 11 aromatic rings. The first-order valence-electron chi connectivity index (χ1n) is 20.3. The van der Waals surface area contributed by atoms with Crippen molar-refractivity contribution in [2.75, 3.05) is 4.90 Å². The lowest BCUT2D eigenvalue weighted by Crippen LogP contribution is -2.12. The van der Waals surface area contributed by atoms with Gasteiger partial charge in [0.15, 0.2) is 0 Å². The van der Waals surface area contributed by atoms with Gasteiger partial charge in [0, 0.05) is 55.5 Å². The second-order valence-electron chi connectivity index (χ2n) is 15.3. The topological polar surface area (TPSA) is 13.1 Å². The van der Waals surface area contributed by atoms with Crippen molar-refractivity contribution in [2.24, 2.45) is 0 Å². The molecule has 276 valence electrons. The van der Waals surface area contributed by atoms with Crippen LogP contribution in [0.1, 0.15) is 0 Å². The average Bonchev–Trinajstić information content (AvgIpc) is 3.79. The molecule has 0 aliphatic carbocycles. The van der Waals surface area contributed by atoms with E-state index in [0.29, 0.717) is 0 Å². The number of rotatable bonds is 5. The van der Waals surface area contributed by atoms with Gasteiger partial charge in [-0.15, -0.1) is 0 Å². The van der Waals surface area contributed by atoms with Crippen molar-refractivity contribution in [2.45, 2.75) is 0 Å². The molecule has 3 nitrogen and oxygen atoms in total. The highest BCUT2D eigenvalue weighted by atomic mass is 15.2. The van der Waals surface area contributed by atoms with Crippen LogP contribution in [0.25, 0.3) is 88.7 Å². The van der Waals surface area contributed by atoms with Crippen molar-refractivity contribution >= 4 is 49.8 Å². The van der Waals surface area contributed by atoms with Crippen molar-refractivity contribution < 1.29 is 0 Å². The maximum absolute atomic E-state index is 2.48. The molecule has 12 rings (SSSR count). The molecule has 0 bridgehead atoms. The highest BCUT2D eigenvalue weighted by molar-refractivity contribution is 6.15. The minimum atomic E-state index is 1.12. The van der Waals surface area contributed by atoms with Crippen LogP contribution in [0, 0.1) is 0 Å². The van der Waals surface area contributed by atoms with Gasteiger partial charge in [-0.1, -0.05) is 164 Å². The number of para-hydroxylation sites is 7. The summed E-state index contributed by atoms with van der Waals surface area (Å²) in [6, 6.07) is 81.7. The van der Waals surface area contributed by atoms with Crippen LogP contribution in [-0.4, -0.2) is 9.13 Å². The van der Waals surface area contributed by atoms with Crippen molar-refractivity contribution in [1.82, 2.24) is 9.13 Å². The summed E-state index contributed by atoms with van der Waals surface area (Å²) in [5, 5.41) is 3.78. The summed E-state index contributed by atoms with van der Waals surface area (Å²) in [4.78, 5) is 2.48. The Hall–Kier alpha value is -7.88. The summed E-state index contributed by atoms with van der Waals surface area (Å²) < 4.78 is 4.84. The molecule has 0 N–H and O–H groups in total. The highest BCUT2D eigenvalue weighted by Crippen LogP contribution is 2.56. The molecule has 0 unspecified atom stereocenters. The quantitative estimate of drug-likeness (QED) is 0.171. The molecule has 3 heterocycles. The van der Waals surface area contributed by atoms with Gasteiger partial charge in [-0.2, -0.15) is 0 Å². The molecule has 9 aromatic carbocycles. The zero-order valence-corrected chi connectivity index (χ0v) is 32.2. The highest BCUT2D eigenvalue weighted by Gasteiger charge is 2.33. The first-order valence-corrected chi connectivity index (χ1v) is 20.3. The molecule has 2 aromatic heterocycles. The van der Waals surface area contributed by atoms with Gasteiger partial charge in [0.05, 0.1) is 33.6 Å². The van der Waals surface area contributed by atoms with E-state index in [-0.39, 0.29) is 0 Å². The number of anilines is 3. The van der Waals surface area contributed by atoms with Crippen LogP contribution in [0.4, 0.5) is 17.1 Å². The molecule has 0 atom stereocenters. The Morgan fingerprint density at radius 2 is 0.729 bits per heavy atom. The number of hydrogen-bond acceptors (Lipinski definition) is 1. The number of hydrogen-bond donors (Lipinski definition) is 0. The Morgan fingerprint density at radius 3 is 1.39 bits per heavy atom. The van der Waals surface area contributed by atoms with Gasteiger partial charge in [0.1, 0.15) is 0 Å². The van der Waals surface area contributed by atoms with E-state index in [1.165, 1.54) is 71.8 Å². The maximum Gasteiger partial charge on any atom is 0.0641 e. The van der Waals surface area contributed by atoms with E-state index in [0.717, 1.165) is 34.0 Å². The van der Waals surface area contributed by atoms with E-state index in [1.807, 2.05) is 0 Å². The maximum atomic E-state index is 2.48. The van der Waals surface area contributed by atoms with Crippen molar-refractivity contribution in [3.05, 3.63) is 224 Å². The summed E-state index contributed by atoms with van der Waals surface area (Å²) in [5.41, 5.74) is 18.9. The van der Waals surface area contributed by atoms with E-state index in [2.05, 4.69) is 238 Å². The van der Waals surface area contributed by atoms with Crippen LogP contribution >= 0.6 is 0 Å². The Balaban J connectivity index is 1.03. The fourth-order valence-corrected chi connectivity index (χ4v) is 9.51. The molecule has 59 heavy (non-hydrogen) atoms. The summed E-state index contributed by atoms with van der Waals surface area (Å²) in [7, 11) is 0. The minimum Gasteiger partial charge on any atom is -0.309 e. The van der Waals surface area contributed by atoms with Crippen LogP contribution in [0.5, 0.6) is 0 Å². The molecule has 0 saturated heterocycles. The largest absolute Gasteiger partial charge is 0.309 e. The van der Waals surface area contributed by atoms with Gasteiger partial charge < -0.3 is 14.0 Å². The van der Waals surface area contributed by atoms with Gasteiger partial charge in [-0.05, 0) is 77.4 Å². The minimum absolute atomic E-state index is 1.12. The number of aromatic nitrogens is 2. The summed E-state index contributed by atoms with van der Waals surface area (Å²) in [5.74, 6) is 0. The normalized spacial score (nSPS) is 12.0. The van der Waals surface area contributed by atoms with Crippen LogP contribution in [0.2, 0.25) is 0 Å². The lowest BCUT2D eigenvalue weighted by molar-refractivity contribution is 1.13. The number of fused-ring (bicyclic) bond motifs is 10. The lowest BCUT2D eigenvalue weighted by Gasteiger charge is -2.30. The van der Waals surface area contributed by atoms with Crippen molar-refractivity contribution in [3.8, 4) is 56.0 Å². The molecule has 3 heteroatoms. The van der Waals surface area contributed by atoms with Gasteiger partial charge >= 0.3 is 0 Å². The molecule has 1 aliphatic rings. The second kappa shape index (κ2) is 13.4. The van der Waals surface area contributed by atoms with E-state index < -0.39 is 0 Å². The summed E-state index contributed by atoms with van der Waals surface area (Å²) in [6.07, 6.45) is 0. The third-order valence-electron chi connectivity index (χ3n) is 12.1. The molecule has 0 saturated carbocycles. The van der Waals surface area contributed by atoms with Gasteiger partial charge in [0.2, 0.25) is 0 Å². The fraction of sp³-hybridized carbons (Fsp3) is 0. The summed E-state index contributed by atoms with van der Waals surface area (Å²) >= 11 is 0. The monoisotopic (exact) mass is 751 g/mol. The van der Waals surface area contributed by atoms with Crippen molar-refractivity contribution in [1.29, 1.82) is 0 Å². The third kappa shape index (κ3) is 5.15. The van der Waals surface area contributed by atoms with Gasteiger partial charge in [-0.25, -0.2) is 0 Å². The zero-order chi connectivity index (χ0) is 38.9. The second-order valence-corrected chi connectivity index (χ2v) is 15.3. The van der Waals surface area contributed by atoms with E-state index in [1.54, 1.807) is 0 Å². The Kier molecular flexibility index (Phi) is 7.54. The fourth-order valence-electron chi connectivity index (χ4n) is 9.51. The van der Waals surface area contributed by atoms with E-state index in [4.69, 9.17) is 0 Å². The molecular weight excluding hydrogens is 715 g/mol. The third-order valence-corrected chi connectivity index (χ3v) is 12.1. The lowest BCUT2D eigenvalue weighted by atomic mass is 9.94. The number of nitrogens with zero attached hydrogens (tertiary/aromatic N) is 3. The van der Waals surface area contributed by atoms with Crippen LogP contribution in [-0.2, 0) is 0 Å². The summed E-state index contributed by atoms with van der Waals surface area (Å²) in [6.45, 7) is 0. The smallest absolute Gasteiger partial charge is 0.0641 e. The molecule has 0 spiro atoms. The standard InChI is InChI=1S/C56H37N3/c1-3-16-41(17-4-1)58-52-28-13-9-22-47(52)54-48-23-10-14-29-53(48)59(42-18-5-2-6-19-42)56(54)49-25-15-24-44(55(49)58)40-32-30-38(31-33-40)39-34-36-43(37-35-39)57-50-26-11-7-20-45(50)46-21-8-12-27-51(46)57/h1-37H. The molecule has 0 radical (unpaired) electrons. The molecule has 0 amide bonds. The predicted molar refractivity (Wildman–Crippen MR) is 248 cm³/mol. The van der Waals surface area contributed by atoms with E-state index >= 15 is 0 Å². The number of benzene rings is 9. The average molecular weight is 752 g/mol. The van der Waals surface area contributed by atoms with Gasteiger partial charge in [-0.3, -0.25) is 0 Å². The molecular formula is C56H37N3. The van der Waals surface area contributed by atoms with Gasteiger partial charge in [0.25, 0.3) is 0 Å². The van der Waals surface area contributed by atoms with Crippen molar-refractivity contribution in [3.63, 3.8) is 0 Å². The first kappa shape index (κ1) is 33.3. The molecule has 0 fully saturated rings. The first-order chi connectivity index (χ1) is 29.3. The van der Waals surface area contributed by atoms with E-state index in [9.17, 15) is 0 Å².